The molecule has 1 aliphatic heterocycles. The number of ether oxygens (including phenoxy) is 2. The number of hydrogen-bond acceptors (Lipinski definition) is 5. The van der Waals surface area contributed by atoms with Gasteiger partial charge in [0.25, 0.3) is 0 Å². The van der Waals surface area contributed by atoms with E-state index in [4.69, 9.17) is 4.74 Å². The standard InChI is InChI=1S/C14H17BrO5S/c1-19-14(16)10-2-3-11(13(15)8-10)9-21(17,18)12-4-6-20-7-5-12/h2-3,8,12H,4-7,9H2,1H3. The maximum absolute atomic E-state index is 12.4. The number of carbonyl (C=O) groups is 1. The first-order valence-electron chi connectivity index (χ1n) is 6.60. The summed E-state index contributed by atoms with van der Waals surface area (Å²) in [5.74, 6) is -0.491. The van der Waals surface area contributed by atoms with E-state index < -0.39 is 15.8 Å². The lowest BCUT2D eigenvalue weighted by atomic mass is 10.1. The average molecular weight is 377 g/mol. The summed E-state index contributed by atoms with van der Waals surface area (Å²) < 4.78 is 35.3. The third-order valence-corrected chi connectivity index (χ3v) is 6.45. The highest BCUT2D eigenvalue weighted by Crippen LogP contribution is 2.25. The molecule has 116 valence electrons. The smallest absolute Gasteiger partial charge is 0.337 e. The molecule has 0 bridgehead atoms. The average Bonchev–Trinajstić information content (AvgIpc) is 2.49. The second-order valence-electron chi connectivity index (χ2n) is 4.92. The van der Waals surface area contributed by atoms with E-state index in [0.29, 0.717) is 41.7 Å². The van der Waals surface area contributed by atoms with Gasteiger partial charge in [-0.2, -0.15) is 0 Å². The molecule has 1 aromatic rings. The molecule has 0 amide bonds. The number of benzene rings is 1. The van der Waals surface area contributed by atoms with Crippen molar-refractivity contribution in [3.63, 3.8) is 0 Å². The van der Waals surface area contributed by atoms with E-state index in [2.05, 4.69) is 20.7 Å². The van der Waals surface area contributed by atoms with E-state index in [0.717, 1.165) is 0 Å². The molecule has 0 spiro atoms. The fourth-order valence-electron chi connectivity index (χ4n) is 2.28. The molecule has 0 atom stereocenters. The van der Waals surface area contributed by atoms with Crippen molar-refractivity contribution in [3.05, 3.63) is 33.8 Å². The molecule has 0 aliphatic carbocycles. The molecule has 1 saturated heterocycles. The van der Waals surface area contributed by atoms with Crippen molar-refractivity contribution < 1.29 is 22.7 Å². The molecule has 1 fully saturated rings. The third-order valence-electron chi connectivity index (χ3n) is 3.51. The molecule has 0 radical (unpaired) electrons. The molecule has 5 nitrogen and oxygen atoms in total. The summed E-state index contributed by atoms with van der Waals surface area (Å²) in [6, 6.07) is 4.80. The van der Waals surface area contributed by atoms with E-state index in [1.807, 2.05) is 0 Å². The van der Waals surface area contributed by atoms with Crippen LogP contribution in [0.25, 0.3) is 0 Å². The number of methoxy groups -OCH3 is 1. The van der Waals surface area contributed by atoms with Gasteiger partial charge in [-0.15, -0.1) is 0 Å². The second-order valence-corrected chi connectivity index (χ2v) is 8.05. The minimum absolute atomic E-state index is 0.0420. The molecule has 7 heteroatoms. The van der Waals surface area contributed by atoms with Gasteiger partial charge in [0, 0.05) is 17.7 Å². The molecule has 1 aromatic carbocycles. The summed E-state index contributed by atoms with van der Waals surface area (Å²) in [5.41, 5.74) is 1.03. The van der Waals surface area contributed by atoms with Crippen LogP contribution in [0.4, 0.5) is 0 Å². The van der Waals surface area contributed by atoms with Crippen molar-refractivity contribution in [3.8, 4) is 0 Å². The Morgan fingerprint density at radius 3 is 2.62 bits per heavy atom. The maximum atomic E-state index is 12.4. The first kappa shape index (κ1) is 16.5. The van der Waals surface area contributed by atoms with Gasteiger partial charge in [-0.25, -0.2) is 13.2 Å². The minimum Gasteiger partial charge on any atom is -0.465 e. The van der Waals surface area contributed by atoms with Gasteiger partial charge in [-0.3, -0.25) is 0 Å². The Kier molecular flexibility index (Phi) is 5.40. The van der Waals surface area contributed by atoms with E-state index in [-0.39, 0.29) is 11.0 Å². The molecule has 2 rings (SSSR count). The molecule has 0 unspecified atom stereocenters. The maximum Gasteiger partial charge on any atom is 0.337 e. The quantitative estimate of drug-likeness (QED) is 0.754. The van der Waals surface area contributed by atoms with Crippen molar-refractivity contribution in [2.24, 2.45) is 0 Å². The Balaban J connectivity index is 2.17. The monoisotopic (exact) mass is 376 g/mol. The lowest BCUT2D eigenvalue weighted by Gasteiger charge is -2.22. The van der Waals surface area contributed by atoms with Gasteiger partial charge in [-0.05, 0) is 30.5 Å². The van der Waals surface area contributed by atoms with Gasteiger partial charge < -0.3 is 9.47 Å². The number of sulfone groups is 1. The third kappa shape index (κ3) is 4.05. The molecular formula is C14H17BrO5S. The van der Waals surface area contributed by atoms with Crippen LogP contribution in [0.2, 0.25) is 0 Å². The molecule has 0 saturated carbocycles. The van der Waals surface area contributed by atoms with Crippen LogP contribution in [0.1, 0.15) is 28.8 Å². The van der Waals surface area contributed by atoms with Gasteiger partial charge >= 0.3 is 5.97 Å². The Morgan fingerprint density at radius 2 is 2.05 bits per heavy atom. The topological polar surface area (TPSA) is 69.7 Å². The van der Waals surface area contributed by atoms with Gasteiger partial charge in [0.1, 0.15) is 0 Å². The summed E-state index contributed by atoms with van der Waals surface area (Å²) in [7, 11) is -1.92. The summed E-state index contributed by atoms with van der Waals surface area (Å²) >= 11 is 3.32. The Hall–Kier alpha value is -0.920. The molecule has 1 aliphatic rings. The Morgan fingerprint density at radius 1 is 1.38 bits per heavy atom. The number of rotatable bonds is 4. The van der Waals surface area contributed by atoms with Crippen molar-refractivity contribution in [1.82, 2.24) is 0 Å². The van der Waals surface area contributed by atoms with Crippen LogP contribution < -0.4 is 0 Å². The van der Waals surface area contributed by atoms with Crippen molar-refractivity contribution in [2.45, 2.75) is 23.8 Å². The zero-order valence-corrected chi connectivity index (χ0v) is 14.1. The van der Waals surface area contributed by atoms with Crippen molar-refractivity contribution in [2.75, 3.05) is 20.3 Å². The highest BCUT2D eigenvalue weighted by molar-refractivity contribution is 9.10. The first-order valence-corrected chi connectivity index (χ1v) is 9.11. The zero-order chi connectivity index (χ0) is 15.5. The van der Waals surface area contributed by atoms with Crippen molar-refractivity contribution >= 4 is 31.7 Å². The second kappa shape index (κ2) is 6.89. The number of carbonyl (C=O) groups excluding carboxylic acids is 1. The predicted octanol–water partition coefficient (Wildman–Crippen LogP) is 2.33. The minimum atomic E-state index is -3.22. The molecule has 0 N–H and O–H groups in total. The molecule has 1 heterocycles. The summed E-state index contributed by atoms with van der Waals surface area (Å²) in [5, 5.41) is -0.349. The van der Waals surface area contributed by atoms with Crippen LogP contribution in [-0.4, -0.2) is 40.0 Å². The van der Waals surface area contributed by atoms with Gasteiger partial charge in [0.05, 0.1) is 23.7 Å². The van der Waals surface area contributed by atoms with E-state index in [1.54, 1.807) is 18.2 Å². The SMILES string of the molecule is COC(=O)c1ccc(CS(=O)(=O)C2CCOCC2)c(Br)c1. The van der Waals surface area contributed by atoms with E-state index in [9.17, 15) is 13.2 Å². The fraction of sp³-hybridized carbons (Fsp3) is 0.500. The van der Waals surface area contributed by atoms with Gasteiger partial charge in [-0.1, -0.05) is 22.0 Å². The van der Waals surface area contributed by atoms with Crippen LogP contribution in [0, 0.1) is 0 Å². The van der Waals surface area contributed by atoms with Crippen LogP contribution >= 0.6 is 15.9 Å². The lowest BCUT2D eigenvalue weighted by Crippen LogP contribution is -2.30. The number of halogens is 1. The lowest BCUT2D eigenvalue weighted by molar-refractivity contribution is 0.0600. The van der Waals surface area contributed by atoms with Gasteiger partial charge in [0.2, 0.25) is 0 Å². The highest BCUT2D eigenvalue weighted by Gasteiger charge is 2.28. The van der Waals surface area contributed by atoms with Crippen LogP contribution in [0.5, 0.6) is 0 Å². The summed E-state index contributed by atoms with van der Waals surface area (Å²) in [4.78, 5) is 11.4. The van der Waals surface area contributed by atoms with Crippen LogP contribution in [0.15, 0.2) is 22.7 Å². The Labute approximate surface area is 132 Å². The normalized spacial score (nSPS) is 16.7. The zero-order valence-electron chi connectivity index (χ0n) is 11.7. The molecule has 0 aromatic heterocycles. The number of esters is 1. The highest BCUT2D eigenvalue weighted by atomic mass is 79.9. The summed E-state index contributed by atoms with van der Waals surface area (Å²) in [6.45, 7) is 0.985. The van der Waals surface area contributed by atoms with Gasteiger partial charge in [0.15, 0.2) is 9.84 Å². The molecule has 21 heavy (non-hydrogen) atoms. The predicted molar refractivity (Wildman–Crippen MR) is 81.9 cm³/mol. The van der Waals surface area contributed by atoms with E-state index >= 15 is 0 Å². The summed E-state index contributed by atoms with van der Waals surface area (Å²) in [6.07, 6.45) is 1.08. The molecular weight excluding hydrogens is 360 g/mol. The van der Waals surface area contributed by atoms with Crippen LogP contribution in [-0.2, 0) is 25.1 Å². The fourth-order valence-corrected chi connectivity index (χ4v) is 4.82. The first-order chi connectivity index (χ1) is 9.94. The van der Waals surface area contributed by atoms with Crippen molar-refractivity contribution in [1.29, 1.82) is 0 Å². The number of hydrogen-bond donors (Lipinski definition) is 0. The van der Waals surface area contributed by atoms with E-state index in [1.165, 1.54) is 7.11 Å². The largest absolute Gasteiger partial charge is 0.465 e. The van der Waals surface area contributed by atoms with Crippen LogP contribution in [0.3, 0.4) is 0 Å². The Bertz CT molecular complexity index is 620.